The summed E-state index contributed by atoms with van der Waals surface area (Å²) in [5.74, 6) is -0.298. The summed E-state index contributed by atoms with van der Waals surface area (Å²) in [7, 11) is 0. The first kappa shape index (κ1) is 19.7. The minimum Gasteiger partial charge on any atom is -0.483 e. The van der Waals surface area contributed by atoms with E-state index in [0.29, 0.717) is 10.8 Å². The lowest BCUT2D eigenvalue weighted by Gasteiger charge is -2.12. The van der Waals surface area contributed by atoms with Crippen molar-refractivity contribution in [1.82, 2.24) is 16.2 Å². The third-order valence-corrected chi connectivity index (χ3v) is 3.88. The zero-order valence-corrected chi connectivity index (χ0v) is 15.8. The molecule has 0 atom stereocenters. The van der Waals surface area contributed by atoms with Gasteiger partial charge in [0.2, 0.25) is 0 Å². The van der Waals surface area contributed by atoms with Crippen LogP contribution in [0.5, 0.6) is 5.75 Å². The fourth-order valence-electron chi connectivity index (χ4n) is 2.11. The normalized spacial score (nSPS) is 9.96. The van der Waals surface area contributed by atoms with E-state index in [1.54, 1.807) is 30.3 Å². The van der Waals surface area contributed by atoms with Gasteiger partial charge in [-0.3, -0.25) is 25.8 Å². The molecular formula is C18H18ClN3O3S. The van der Waals surface area contributed by atoms with Crippen LogP contribution in [0.2, 0.25) is 5.02 Å². The van der Waals surface area contributed by atoms with Gasteiger partial charge in [0.05, 0.1) is 10.6 Å². The lowest BCUT2D eigenvalue weighted by Crippen LogP contribution is -2.49. The van der Waals surface area contributed by atoms with E-state index in [4.69, 9.17) is 28.6 Å². The van der Waals surface area contributed by atoms with Crippen LogP contribution >= 0.6 is 23.8 Å². The largest absolute Gasteiger partial charge is 0.483 e. The Morgan fingerprint density at radius 2 is 1.85 bits per heavy atom. The van der Waals surface area contributed by atoms with Crippen molar-refractivity contribution in [2.24, 2.45) is 0 Å². The third kappa shape index (κ3) is 5.72. The van der Waals surface area contributed by atoms with Crippen LogP contribution in [0.1, 0.15) is 21.5 Å². The zero-order valence-electron chi connectivity index (χ0n) is 14.3. The van der Waals surface area contributed by atoms with Gasteiger partial charge in [0.1, 0.15) is 5.75 Å². The van der Waals surface area contributed by atoms with Crippen molar-refractivity contribution < 1.29 is 14.3 Å². The van der Waals surface area contributed by atoms with Crippen LogP contribution in [-0.4, -0.2) is 23.5 Å². The molecule has 6 nitrogen and oxygen atoms in total. The number of amides is 2. The summed E-state index contributed by atoms with van der Waals surface area (Å²) in [6, 6.07) is 12.2. The second-order valence-corrected chi connectivity index (χ2v) is 6.31. The van der Waals surface area contributed by atoms with Gasteiger partial charge in [-0.15, -0.1) is 0 Å². The van der Waals surface area contributed by atoms with Gasteiger partial charge in [-0.1, -0.05) is 41.4 Å². The van der Waals surface area contributed by atoms with Crippen molar-refractivity contribution in [1.29, 1.82) is 0 Å². The molecule has 2 amide bonds. The molecule has 3 N–H and O–H groups in total. The Kier molecular flexibility index (Phi) is 6.94. The highest BCUT2D eigenvalue weighted by molar-refractivity contribution is 7.80. The van der Waals surface area contributed by atoms with Crippen LogP contribution in [-0.2, 0) is 4.79 Å². The number of thiocarbonyl (C=S) groups is 1. The Hall–Kier alpha value is -2.64. The minimum atomic E-state index is -0.478. The quantitative estimate of drug-likeness (QED) is 0.551. The number of hydrogen-bond acceptors (Lipinski definition) is 4. The molecule has 0 saturated carbocycles. The first-order valence-electron chi connectivity index (χ1n) is 7.71. The highest BCUT2D eigenvalue weighted by Crippen LogP contribution is 2.18. The molecular weight excluding hydrogens is 374 g/mol. The van der Waals surface area contributed by atoms with Gasteiger partial charge in [-0.25, -0.2) is 0 Å². The molecule has 0 aliphatic rings. The highest BCUT2D eigenvalue weighted by Gasteiger charge is 2.11. The summed E-state index contributed by atoms with van der Waals surface area (Å²) in [4.78, 5) is 23.9. The first-order chi connectivity index (χ1) is 12.4. The monoisotopic (exact) mass is 391 g/mol. The number of hydrogen-bond donors (Lipinski definition) is 3. The fraction of sp³-hybridized carbons (Fsp3) is 0.167. The van der Waals surface area contributed by atoms with Gasteiger partial charge in [-0.2, -0.15) is 0 Å². The van der Waals surface area contributed by atoms with Crippen LogP contribution in [0.15, 0.2) is 42.5 Å². The van der Waals surface area contributed by atoms with Crippen molar-refractivity contribution in [3.8, 4) is 5.75 Å². The third-order valence-electron chi connectivity index (χ3n) is 3.35. The van der Waals surface area contributed by atoms with Crippen molar-refractivity contribution >= 4 is 40.7 Å². The summed E-state index contributed by atoms with van der Waals surface area (Å²) >= 11 is 10.9. The van der Waals surface area contributed by atoms with Crippen molar-refractivity contribution in [2.75, 3.05) is 6.61 Å². The standard InChI is InChI=1S/C18H18ClN3O3S/c1-11-7-8-15(12(2)9-11)25-10-16(23)21-22-18(26)20-17(24)13-5-3-4-6-14(13)19/h3-9H,10H2,1-2H3,(H,21,23)(H2,20,22,24,26). The minimum absolute atomic E-state index is 0.0604. The molecule has 0 heterocycles. The summed E-state index contributed by atoms with van der Waals surface area (Å²) in [5.41, 5.74) is 7.12. The van der Waals surface area contributed by atoms with Gasteiger partial charge in [0, 0.05) is 0 Å². The molecule has 0 spiro atoms. The number of carbonyl (C=O) groups is 2. The topological polar surface area (TPSA) is 79.5 Å². The van der Waals surface area contributed by atoms with E-state index in [1.807, 2.05) is 26.0 Å². The fourth-order valence-corrected chi connectivity index (χ4v) is 2.48. The van der Waals surface area contributed by atoms with E-state index in [2.05, 4.69) is 16.2 Å². The number of benzene rings is 2. The van der Waals surface area contributed by atoms with Crippen LogP contribution in [0, 0.1) is 13.8 Å². The Morgan fingerprint density at radius 1 is 1.12 bits per heavy atom. The molecule has 0 radical (unpaired) electrons. The molecule has 2 aromatic rings. The predicted octanol–water partition coefficient (Wildman–Crippen LogP) is 2.67. The average Bonchev–Trinajstić information content (AvgIpc) is 2.59. The summed E-state index contributed by atoms with van der Waals surface area (Å²) in [6.45, 7) is 3.68. The highest BCUT2D eigenvalue weighted by atomic mass is 35.5. The molecule has 0 aliphatic carbocycles. The van der Waals surface area contributed by atoms with Gasteiger partial charge in [0.15, 0.2) is 11.7 Å². The first-order valence-corrected chi connectivity index (χ1v) is 8.50. The lowest BCUT2D eigenvalue weighted by atomic mass is 10.1. The van der Waals surface area contributed by atoms with Crippen LogP contribution in [0.4, 0.5) is 0 Å². The Morgan fingerprint density at radius 3 is 2.54 bits per heavy atom. The summed E-state index contributed by atoms with van der Waals surface area (Å²) < 4.78 is 5.45. The second-order valence-electron chi connectivity index (χ2n) is 5.49. The van der Waals surface area contributed by atoms with Gasteiger partial charge < -0.3 is 4.74 Å². The molecule has 0 unspecified atom stereocenters. The summed E-state index contributed by atoms with van der Waals surface area (Å²) in [6.07, 6.45) is 0. The average molecular weight is 392 g/mol. The maximum absolute atomic E-state index is 12.0. The van der Waals surface area contributed by atoms with Gasteiger partial charge >= 0.3 is 0 Å². The number of aryl methyl sites for hydroxylation is 2. The van der Waals surface area contributed by atoms with Crippen molar-refractivity contribution in [3.05, 3.63) is 64.2 Å². The molecule has 2 rings (SSSR count). The molecule has 8 heteroatoms. The predicted molar refractivity (Wildman–Crippen MR) is 104 cm³/mol. The number of halogens is 1. The molecule has 2 aromatic carbocycles. The Balaban J connectivity index is 1.77. The molecule has 0 aliphatic heterocycles. The van der Waals surface area contributed by atoms with Crippen molar-refractivity contribution in [2.45, 2.75) is 13.8 Å². The Labute approximate surface area is 161 Å². The van der Waals surface area contributed by atoms with Crippen LogP contribution in [0.25, 0.3) is 0 Å². The van der Waals surface area contributed by atoms with Gasteiger partial charge in [-0.05, 0) is 49.8 Å². The lowest BCUT2D eigenvalue weighted by molar-refractivity contribution is -0.123. The van der Waals surface area contributed by atoms with E-state index < -0.39 is 11.8 Å². The van der Waals surface area contributed by atoms with Gasteiger partial charge in [0.25, 0.3) is 11.8 Å². The molecule has 26 heavy (non-hydrogen) atoms. The van der Waals surface area contributed by atoms with E-state index in [-0.39, 0.29) is 17.3 Å². The van der Waals surface area contributed by atoms with Crippen LogP contribution < -0.4 is 20.9 Å². The summed E-state index contributed by atoms with van der Waals surface area (Å²) in [5, 5.41) is 2.67. The Bertz CT molecular complexity index is 842. The maximum Gasteiger partial charge on any atom is 0.276 e. The van der Waals surface area contributed by atoms with E-state index >= 15 is 0 Å². The van der Waals surface area contributed by atoms with E-state index in [1.165, 1.54) is 0 Å². The SMILES string of the molecule is Cc1ccc(OCC(=O)NNC(=S)NC(=O)c2ccccc2Cl)c(C)c1. The molecule has 0 bridgehead atoms. The smallest absolute Gasteiger partial charge is 0.276 e. The molecule has 0 aromatic heterocycles. The number of ether oxygens (including phenoxy) is 1. The zero-order chi connectivity index (χ0) is 19.1. The number of rotatable bonds is 4. The molecule has 0 saturated heterocycles. The van der Waals surface area contributed by atoms with Crippen molar-refractivity contribution in [3.63, 3.8) is 0 Å². The molecule has 0 fully saturated rings. The second kappa shape index (κ2) is 9.17. The molecule has 136 valence electrons. The van der Waals surface area contributed by atoms with E-state index in [0.717, 1.165) is 11.1 Å². The van der Waals surface area contributed by atoms with E-state index in [9.17, 15) is 9.59 Å². The van der Waals surface area contributed by atoms with Crippen LogP contribution in [0.3, 0.4) is 0 Å². The number of hydrazine groups is 1. The maximum atomic E-state index is 12.0. The number of carbonyl (C=O) groups excluding carboxylic acids is 2. The number of nitrogens with one attached hydrogen (secondary N) is 3.